The molecule has 0 aliphatic heterocycles. The first-order chi connectivity index (χ1) is 27.1. The molecular weight excluding hydrogens is 686 g/mol. The summed E-state index contributed by atoms with van der Waals surface area (Å²) in [5, 5.41) is 4.48. The van der Waals surface area contributed by atoms with Gasteiger partial charge in [-0.3, -0.25) is 0 Å². The van der Waals surface area contributed by atoms with Gasteiger partial charge in [0, 0.05) is 6.54 Å². The quantitative estimate of drug-likeness (QED) is 0.0413. The van der Waals surface area contributed by atoms with Gasteiger partial charge in [0.15, 0.2) is 0 Å². The Kier molecular flexibility index (Phi) is 15.5. The zero-order chi connectivity index (χ0) is 38.0. The third-order valence-corrected chi connectivity index (χ3v) is 15.2. The van der Waals surface area contributed by atoms with E-state index < -0.39 is 7.26 Å². The highest BCUT2D eigenvalue weighted by molar-refractivity contribution is 7.95. The second-order valence-electron chi connectivity index (χ2n) is 14.9. The summed E-state index contributed by atoms with van der Waals surface area (Å²) in [5.41, 5.74) is 6.57. The largest absolute Gasteiger partial charge is 0.492 e. The number of hydrogen-bond donors (Lipinski definition) is 0. The number of rotatable bonds is 21. The number of unbranched alkanes of at least 4 members (excludes halogenated alkanes) is 7. The maximum absolute atomic E-state index is 6.05. The van der Waals surface area contributed by atoms with Crippen LogP contribution in [0.4, 0.5) is 0 Å². The Morgan fingerprint density at radius 3 is 1.31 bits per heavy atom. The van der Waals surface area contributed by atoms with Crippen LogP contribution in [0.15, 0.2) is 176 Å². The molecule has 55 heavy (non-hydrogen) atoms. The van der Waals surface area contributed by atoms with Crippen molar-refractivity contribution in [2.75, 3.05) is 33.4 Å². The lowest BCUT2D eigenvalue weighted by Gasteiger charge is -2.27. The molecule has 6 rings (SSSR count). The Balaban J connectivity index is 1.06. The summed E-state index contributed by atoms with van der Waals surface area (Å²) in [6.07, 6.45) is 12.5. The second-order valence-corrected chi connectivity index (χ2v) is 18.5. The number of hydrogen-bond acceptors (Lipinski definition) is 2. The third-order valence-electron chi connectivity index (χ3n) is 10.7. The number of benzene rings is 6. The summed E-state index contributed by atoms with van der Waals surface area (Å²) >= 11 is 0. The fourth-order valence-corrected chi connectivity index (χ4v) is 12.2. The van der Waals surface area contributed by atoms with Crippen LogP contribution in [0, 0.1) is 0 Å². The number of ether oxygens (including phenoxy) is 1. The van der Waals surface area contributed by atoms with Gasteiger partial charge in [-0.2, -0.15) is 0 Å². The van der Waals surface area contributed by atoms with Crippen molar-refractivity contribution in [1.82, 2.24) is 4.90 Å². The van der Waals surface area contributed by atoms with E-state index >= 15 is 0 Å². The van der Waals surface area contributed by atoms with E-state index in [-0.39, 0.29) is 0 Å². The first-order valence-electron chi connectivity index (χ1n) is 20.4. The summed E-state index contributed by atoms with van der Waals surface area (Å²) in [6, 6.07) is 64.7. The highest BCUT2D eigenvalue weighted by atomic mass is 31.2. The molecule has 0 fully saturated rings. The summed E-state index contributed by atoms with van der Waals surface area (Å²) < 4.78 is 6.05. The van der Waals surface area contributed by atoms with Gasteiger partial charge in [0.1, 0.15) is 35.5 Å². The lowest BCUT2D eigenvalue weighted by molar-refractivity contribution is 0.261. The van der Waals surface area contributed by atoms with E-state index in [4.69, 9.17) is 4.74 Å². The summed E-state index contributed by atoms with van der Waals surface area (Å²) in [4.78, 5) is 2.15. The molecule has 2 nitrogen and oxygen atoms in total. The van der Waals surface area contributed by atoms with E-state index in [2.05, 4.69) is 195 Å². The molecule has 0 bridgehead atoms. The van der Waals surface area contributed by atoms with Gasteiger partial charge in [-0.05, 0) is 116 Å². The lowest BCUT2D eigenvalue weighted by Crippen LogP contribution is -2.33. The normalized spacial score (nSPS) is 12.1. The smallest absolute Gasteiger partial charge is 0.119 e. The van der Waals surface area contributed by atoms with Crippen LogP contribution in [0.3, 0.4) is 0 Å². The number of likely N-dealkylation sites (N-methyl/N-ethyl adjacent to an activating group) is 1. The molecule has 0 saturated heterocycles. The molecule has 6 aromatic carbocycles. The Bertz CT molecular complexity index is 1880. The Hall–Kier alpha value is -4.75. The summed E-state index contributed by atoms with van der Waals surface area (Å²) in [5.74, 6) is 0.920. The molecule has 6 aromatic rings. The minimum absolute atomic E-state index is 0.682. The van der Waals surface area contributed by atoms with Crippen LogP contribution in [0.5, 0.6) is 5.75 Å². The molecule has 0 heterocycles. The van der Waals surface area contributed by atoms with E-state index in [1.165, 1.54) is 101 Å². The fraction of sp³-hybridized carbons (Fsp3) is 0.269. The van der Waals surface area contributed by atoms with Gasteiger partial charge < -0.3 is 9.64 Å². The number of nitrogens with zero attached hydrogens (tertiary/aromatic N) is 1. The average molecular weight is 745 g/mol. The molecule has 0 aliphatic carbocycles. The van der Waals surface area contributed by atoms with Crippen LogP contribution in [0.1, 0.15) is 74.5 Å². The van der Waals surface area contributed by atoms with E-state index in [9.17, 15) is 0 Å². The van der Waals surface area contributed by atoms with Crippen molar-refractivity contribution < 1.29 is 4.74 Å². The Morgan fingerprint density at radius 2 is 0.836 bits per heavy atom. The third kappa shape index (κ3) is 11.2. The Morgan fingerprint density at radius 1 is 0.436 bits per heavy atom. The highest BCUT2D eigenvalue weighted by Crippen LogP contribution is 2.56. The molecule has 0 N–H and O–H groups in total. The monoisotopic (exact) mass is 744 g/mol. The first kappa shape index (κ1) is 39.9. The second kappa shape index (κ2) is 21.4. The van der Waals surface area contributed by atoms with E-state index in [0.717, 1.165) is 18.7 Å². The van der Waals surface area contributed by atoms with Gasteiger partial charge >= 0.3 is 0 Å². The predicted octanol–water partition coefficient (Wildman–Crippen LogP) is 12.1. The van der Waals surface area contributed by atoms with Gasteiger partial charge in [-0.15, -0.1) is 0 Å². The van der Waals surface area contributed by atoms with Gasteiger partial charge in [0.05, 0.1) is 6.16 Å². The predicted molar refractivity (Wildman–Crippen MR) is 241 cm³/mol. The minimum atomic E-state index is -1.73. The van der Waals surface area contributed by atoms with Crippen LogP contribution in [0.2, 0.25) is 0 Å². The molecule has 0 unspecified atom stereocenters. The first-order valence-corrected chi connectivity index (χ1v) is 22.4. The van der Waals surface area contributed by atoms with Gasteiger partial charge in [-0.25, -0.2) is 0 Å². The molecule has 0 saturated carbocycles. The average Bonchev–Trinajstić information content (AvgIpc) is 3.24. The highest BCUT2D eigenvalue weighted by Gasteiger charge is 2.44. The van der Waals surface area contributed by atoms with Crippen LogP contribution >= 0.6 is 7.26 Å². The van der Waals surface area contributed by atoms with Crippen molar-refractivity contribution in [1.29, 1.82) is 0 Å². The van der Waals surface area contributed by atoms with Crippen LogP contribution in [-0.4, -0.2) is 38.3 Å². The topological polar surface area (TPSA) is 12.5 Å². The zero-order valence-electron chi connectivity index (χ0n) is 33.0. The molecular formula is C52H59NOP+. The van der Waals surface area contributed by atoms with E-state index in [1.807, 2.05) is 0 Å². The molecule has 0 radical (unpaired) electrons. The molecule has 0 atom stereocenters. The van der Waals surface area contributed by atoms with Gasteiger partial charge in [0.2, 0.25) is 0 Å². The maximum atomic E-state index is 6.05. The van der Waals surface area contributed by atoms with Gasteiger partial charge in [-0.1, -0.05) is 159 Å². The SMILES string of the molecule is CN(C)CCOc1ccc(/C(=C(/CCCCCCCCCC[P+](c2ccccc2)(c2ccccc2)c2ccccc2)c2ccccc2)c2ccccc2)cc1. The molecule has 0 aliphatic rings. The van der Waals surface area contributed by atoms with Crippen molar-refractivity contribution in [2.45, 2.75) is 57.8 Å². The van der Waals surface area contributed by atoms with Crippen LogP contribution in [-0.2, 0) is 0 Å². The minimum Gasteiger partial charge on any atom is -0.492 e. The van der Waals surface area contributed by atoms with Crippen LogP contribution < -0.4 is 20.7 Å². The molecule has 0 spiro atoms. The van der Waals surface area contributed by atoms with Gasteiger partial charge in [0.25, 0.3) is 0 Å². The Labute approximate surface area is 332 Å². The van der Waals surface area contributed by atoms with Crippen molar-refractivity contribution in [3.05, 3.63) is 193 Å². The van der Waals surface area contributed by atoms with Crippen molar-refractivity contribution in [2.24, 2.45) is 0 Å². The zero-order valence-corrected chi connectivity index (χ0v) is 33.9. The van der Waals surface area contributed by atoms with Crippen molar-refractivity contribution in [3.63, 3.8) is 0 Å². The summed E-state index contributed by atoms with van der Waals surface area (Å²) in [6.45, 7) is 1.58. The van der Waals surface area contributed by atoms with Crippen LogP contribution in [0.25, 0.3) is 11.1 Å². The molecule has 0 amide bonds. The maximum Gasteiger partial charge on any atom is 0.119 e. The van der Waals surface area contributed by atoms with E-state index in [0.29, 0.717) is 6.61 Å². The molecule has 0 aromatic heterocycles. The lowest BCUT2D eigenvalue weighted by atomic mass is 9.86. The number of allylic oxidation sites excluding steroid dienone is 1. The summed E-state index contributed by atoms with van der Waals surface area (Å²) in [7, 11) is 2.42. The fourth-order valence-electron chi connectivity index (χ4n) is 7.83. The molecule has 282 valence electrons. The van der Waals surface area contributed by atoms with E-state index in [1.54, 1.807) is 0 Å². The standard InChI is InChI=1S/C52H59NOP/c1-53(2)41-42-54-47-39-37-46(38-40-47)52(45-28-16-10-17-29-45)51(44-26-14-9-15-27-44)36-24-7-5-3-4-6-8-25-43-55(48-30-18-11-19-31-48,49-32-20-12-21-33-49)50-34-22-13-23-35-50/h9-23,26-35,37-40H,3-8,24-25,36,41-43H2,1-2H3/q+1/b52-51-. The molecule has 3 heteroatoms. The van der Waals surface area contributed by atoms with Crippen molar-refractivity contribution >= 4 is 34.3 Å². The van der Waals surface area contributed by atoms with Crippen molar-refractivity contribution in [3.8, 4) is 5.75 Å².